The highest BCUT2D eigenvalue weighted by atomic mass is 79.9. The molecule has 0 atom stereocenters. The molecule has 0 spiro atoms. The van der Waals surface area contributed by atoms with Gasteiger partial charge in [0.15, 0.2) is 5.69 Å². The predicted octanol–water partition coefficient (Wildman–Crippen LogP) is 2.37. The summed E-state index contributed by atoms with van der Waals surface area (Å²) in [6.45, 7) is 0. The second-order valence-corrected chi connectivity index (χ2v) is 3.01. The maximum absolute atomic E-state index is 10.4. The Labute approximate surface area is 78.6 Å². The lowest BCUT2D eigenvalue weighted by Crippen LogP contribution is -1.96. The first-order chi connectivity index (χ1) is 5.70. The van der Waals surface area contributed by atoms with Crippen molar-refractivity contribution in [2.45, 2.75) is 0 Å². The first-order valence-corrected chi connectivity index (χ1v) is 4.11. The first-order valence-electron chi connectivity index (χ1n) is 3.32. The van der Waals surface area contributed by atoms with Crippen molar-refractivity contribution in [3.05, 3.63) is 33.9 Å². The second kappa shape index (κ2) is 4.06. The highest BCUT2D eigenvalue weighted by Crippen LogP contribution is 2.20. The molecule has 0 heterocycles. The molecule has 0 radical (unpaired) electrons. The molecule has 0 bridgehead atoms. The van der Waals surface area contributed by atoms with E-state index in [2.05, 4.69) is 26.6 Å². The van der Waals surface area contributed by atoms with Crippen molar-refractivity contribution in [2.75, 3.05) is 12.5 Å². The topological polar surface area (TPSA) is 50.5 Å². The minimum absolute atomic E-state index is 0.458. The summed E-state index contributed by atoms with van der Waals surface area (Å²) in [6.07, 6.45) is 0. The van der Waals surface area contributed by atoms with Gasteiger partial charge < -0.3 is 5.21 Å². The first kappa shape index (κ1) is 8.99. The Morgan fingerprint density at radius 2 is 2.17 bits per heavy atom. The van der Waals surface area contributed by atoms with Crippen LogP contribution in [0.4, 0.5) is 5.69 Å². The summed E-state index contributed by atoms with van der Waals surface area (Å²) in [4.78, 5) is 0.458. The molecule has 0 aliphatic carbocycles. The smallest absolute Gasteiger partial charge is 0.161 e. The van der Waals surface area contributed by atoms with Gasteiger partial charge in [-0.3, -0.25) is 0 Å². The fourth-order valence-electron chi connectivity index (χ4n) is 0.676. The van der Waals surface area contributed by atoms with Crippen molar-refractivity contribution < 1.29 is 4.86 Å². The molecule has 0 saturated carbocycles. The summed E-state index contributed by atoms with van der Waals surface area (Å²) in [5.41, 5.74) is 3.37. The van der Waals surface area contributed by atoms with E-state index < -0.39 is 0 Å². The van der Waals surface area contributed by atoms with Crippen LogP contribution in [0.25, 0.3) is 0 Å². The molecule has 4 nitrogen and oxygen atoms in total. The lowest BCUT2D eigenvalue weighted by atomic mass is 10.3. The van der Waals surface area contributed by atoms with E-state index in [0.29, 0.717) is 4.86 Å². The van der Waals surface area contributed by atoms with E-state index in [9.17, 15) is 5.21 Å². The van der Waals surface area contributed by atoms with E-state index in [1.54, 1.807) is 0 Å². The number of nitrogens with zero attached hydrogens (tertiary/aromatic N) is 2. The lowest BCUT2D eigenvalue weighted by Gasteiger charge is -1.98. The maximum atomic E-state index is 10.4. The zero-order valence-corrected chi connectivity index (χ0v) is 8.08. The van der Waals surface area contributed by atoms with E-state index >= 15 is 0 Å². The van der Waals surface area contributed by atoms with Crippen molar-refractivity contribution in [3.8, 4) is 0 Å². The summed E-state index contributed by atoms with van der Waals surface area (Å²) >= 11 is 3.30. The van der Waals surface area contributed by atoms with Gasteiger partial charge in [0.25, 0.3) is 0 Å². The van der Waals surface area contributed by atoms with Crippen LogP contribution in [0, 0.1) is 5.21 Å². The fraction of sp³-hybridized carbons (Fsp3) is 0.143. The van der Waals surface area contributed by atoms with Crippen LogP contribution in [0.5, 0.6) is 0 Å². The SMILES string of the molecule is C/[N+]([O-])=N\Nc1ccccc1Br. The van der Waals surface area contributed by atoms with Gasteiger partial charge in [-0.15, -0.1) is 5.43 Å². The quantitative estimate of drug-likeness (QED) is 0.481. The number of hydroxylamine groups is 1. The fourth-order valence-corrected chi connectivity index (χ4v) is 1.05. The van der Waals surface area contributed by atoms with Gasteiger partial charge in [0.2, 0.25) is 0 Å². The van der Waals surface area contributed by atoms with E-state index in [1.807, 2.05) is 24.3 Å². The predicted molar refractivity (Wildman–Crippen MR) is 49.7 cm³/mol. The monoisotopic (exact) mass is 229 g/mol. The minimum Gasteiger partial charge on any atom is -0.696 e. The standard InChI is InChI=1S/C7H8BrN3O/c1-11(12)10-9-7-5-3-2-4-6(7)8/h2-5,9H,1H3/b11-10+. The van der Waals surface area contributed by atoms with E-state index in [0.717, 1.165) is 10.2 Å². The molecule has 0 saturated heterocycles. The van der Waals surface area contributed by atoms with Crippen LogP contribution in [0.2, 0.25) is 0 Å². The molecule has 0 aliphatic rings. The number of rotatable bonds is 2. The van der Waals surface area contributed by atoms with Gasteiger partial charge in [0.1, 0.15) is 7.05 Å². The van der Waals surface area contributed by atoms with Crippen molar-refractivity contribution in [2.24, 2.45) is 5.22 Å². The maximum Gasteiger partial charge on any atom is 0.161 e. The Bertz CT molecular complexity index is 296. The molecule has 0 aromatic heterocycles. The molecule has 0 fully saturated rings. The number of halogens is 1. The zero-order chi connectivity index (χ0) is 8.97. The molecule has 1 aromatic carbocycles. The normalized spacial score (nSPS) is 11.3. The molecule has 1 rings (SSSR count). The number of benzene rings is 1. The van der Waals surface area contributed by atoms with Crippen LogP contribution in [0.3, 0.4) is 0 Å². The number of hydrogen-bond acceptors (Lipinski definition) is 2. The van der Waals surface area contributed by atoms with E-state index in [1.165, 1.54) is 7.05 Å². The molecule has 1 aromatic rings. The summed E-state index contributed by atoms with van der Waals surface area (Å²) in [5, 5.41) is 13.9. The van der Waals surface area contributed by atoms with E-state index in [-0.39, 0.29) is 0 Å². The van der Waals surface area contributed by atoms with Crippen LogP contribution in [0.15, 0.2) is 34.0 Å². The van der Waals surface area contributed by atoms with Gasteiger partial charge in [-0.1, -0.05) is 12.1 Å². The van der Waals surface area contributed by atoms with Crippen LogP contribution in [-0.4, -0.2) is 11.9 Å². The molecular formula is C7H8BrN3O. The minimum atomic E-state index is 0.458. The molecular weight excluding hydrogens is 222 g/mol. The van der Waals surface area contributed by atoms with Crippen molar-refractivity contribution in [1.82, 2.24) is 0 Å². The van der Waals surface area contributed by atoms with Gasteiger partial charge in [-0.2, -0.15) is 4.86 Å². The molecule has 0 unspecified atom stereocenters. The van der Waals surface area contributed by atoms with Gasteiger partial charge in [-0.25, -0.2) is 0 Å². The van der Waals surface area contributed by atoms with Crippen LogP contribution in [0.1, 0.15) is 0 Å². The van der Waals surface area contributed by atoms with E-state index in [4.69, 9.17) is 0 Å². The van der Waals surface area contributed by atoms with Gasteiger partial charge in [0.05, 0.1) is 9.70 Å². The van der Waals surface area contributed by atoms with Crippen molar-refractivity contribution in [1.29, 1.82) is 0 Å². The Hall–Kier alpha value is -1.10. The average molecular weight is 230 g/mol. The van der Waals surface area contributed by atoms with Crippen LogP contribution in [-0.2, 0) is 0 Å². The van der Waals surface area contributed by atoms with Gasteiger partial charge in [-0.05, 0) is 28.1 Å². The molecule has 0 aliphatic heterocycles. The summed E-state index contributed by atoms with van der Waals surface area (Å²) < 4.78 is 0.871. The number of para-hydroxylation sites is 1. The highest BCUT2D eigenvalue weighted by Gasteiger charge is 1.99. The largest absolute Gasteiger partial charge is 0.696 e. The average Bonchev–Trinajstić information content (AvgIpc) is 2.03. The van der Waals surface area contributed by atoms with Crippen LogP contribution < -0.4 is 5.43 Å². The van der Waals surface area contributed by atoms with Crippen molar-refractivity contribution in [3.63, 3.8) is 0 Å². The Balaban J connectivity index is 2.76. The number of hydrogen-bond donors (Lipinski definition) is 1. The van der Waals surface area contributed by atoms with Gasteiger partial charge >= 0.3 is 0 Å². The third kappa shape index (κ3) is 2.50. The summed E-state index contributed by atoms with van der Waals surface area (Å²) in [7, 11) is 1.31. The van der Waals surface area contributed by atoms with Crippen LogP contribution >= 0.6 is 15.9 Å². The van der Waals surface area contributed by atoms with Gasteiger partial charge in [0, 0.05) is 0 Å². The second-order valence-electron chi connectivity index (χ2n) is 2.16. The van der Waals surface area contributed by atoms with Crippen molar-refractivity contribution >= 4 is 21.6 Å². The molecule has 0 amide bonds. The Kier molecular flexibility index (Phi) is 3.04. The number of nitrogens with one attached hydrogen (secondary N) is 1. The third-order valence-corrected chi connectivity index (χ3v) is 1.88. The Morgan fingerprint density at radius 3 is 2.75 bits per heavy atom. The molecule has 5 heteroatoms. The molecule has 64 valence electrons. The lowest BCUT2D eigenvalue weighted by molar-refractivity contribution is -0.497. The Morgan fingerprint density at radius 1 is 1.50 bits per heavy atom. The summed E-state index contributed by atoms with van der Waals surface area (Å²) in [6, 6.07) is 7.42. The third-order valence-electron chi connectivity index (χ3n) is 1.19. The zero-order valence-electron chi connectivity index (χ0n) is 6.49. The molecule has 12 heavy (non-hydrogen) atoms. The molecule has 1 N–H and O–H groups in total. The summed E-state index contributed by atoms with van der Waals surface area (Å²) in [5.74, 6) is 0. The highest BCUT2D eigenvalue weighted by molar-refractivity contribution is 9.10. The number of anilines is 1.